The molecular formula is C17H18N4O. The first-order valence-electron chi connectivity index (χ1n) is 7.17. The van der Waals surface area contributed by atoms with Gasteiger partial charge >= 0.3 is 0 Å². The Morgan fingerprint density at radius 3 is 2.68 bits per heavy atom. The molecule has 0 atom stereocenters. The van der Waals surface area contributed by atoms with E-state index in [9.17, 15) is 4.79 Å². The third-order valence-corrected chi connectivity index (χ3v) is 3.67. The van der Waals surface area contributed by atoms with Crippen LogP contribution in [0.4, 0.5) is 5.69 Å². The number of nitrogen functional groups attached to an aromatic ring is 1. The van der Waals surface area contributed by atoms with Crippen LogP contribution < -0.4 is 11.1 Å². The Bertz CT molecular complexity index is 808. The predicted octanol–water partition coefficient (Wildman–Crippen LogP) is 1.96. The van der Waals surface area contributed by atoms with Crippen LogP contribution in [0, 0.1) is 0 Å². The maximum atomic E-state index is 11.8. The third-order valence-electron chi connectivity index (χ3n) is 3.67. The second-order valence-electron chi connectivity index (χ2n) is 5.16. The van der Waals surface area contributed by atoms with E-state index in [-0.39, 0.29) is 12.5 Å². The molecule has 22 heavy (non-hydrogen) atoms. The van der Waals surface area contributed by atoms with E-state index >= 15 is 0 Å². The molecule has 0 radical (unpaired) electrons. The first kappa shape index (κ1) is 14.1. The molecule has 5 nitrogen and oxygen atoms in total. The molecule has 112 valence electrons. The van der Waals surface area contributed by atoms with Gasteiger partial charge in [-0.2, -0.15) is 0 Å². The number of nitrogens with one attached hydrogen (secondary N) is 1. The molecule has 0 saturated carbocycles. The van der Waals surface area contributed by atoms with Crippen molar-refractivity contribution < 1.29 is 4.79 Å². The van der Waals surface area contributed by atoms with Gasteiger partial charge in [-0.05, 0) is 17.7 Å². The van der Waals surface area contributed by atoms with Crippen molar-refractivity contribution in [2.24, 2.45) is 0 Å². The number of hydrogen-bond donors (Lipinski definition) is 2. The summed E-state index contributed by atoms with van der Waals surface area (Å²) in [5.41, 5.74) is 9.43. The van der Waals surface area contributed by atoms with E-state index in [1.54, 1.807) is 7.05 Å². The molecule has 0 fully saturated rings. The van der Waals surface area contributed by atoms with Crippen molar-refractivity contribution in [3.8, 4) is 0 Å². The van der Waals surface area contributed by atoms with Crippen LogP contribution in [-0.2, 0) is 17.8 Å². The molecule has 0 aliphatic heterocycles. The van der Waals surface area contributed by atoms with Crippen molar-refractivity contribution in [1.29, 1.82) is 0 Å². The SMILES string of the molecule is CNC(=O)Cn1c(Cc2ccccc2)nc2c(N)cccc21. The number of nitrogens with two attached hydrogens (primary N) is 1. The van der Waals surface area contributed by atoms with Gasteiger partial charge in [0.05, 0.1) is 11.2 Å². The minimum atomic E-state index is -0.0592. The summed E-state index contributed by atoms with van der Waals surface area (Å²) in [6.45, 7) is 0.235. The lowest BCUT2D eigenvalue weighted by molar-refractivity contribution is -0.121. The number of likely N-dealkylation sites (N-methyl/N-ethyl adjacent to an activating group) is 1. The average Bonchev–Trinajstić information content (AvgIpc) is 2.87. The number of carbonyl (C=O) groups excluding carboxylic acids is 1. The molecule has 0 aliphatic rings. The molecule has 5 heteroatoms. The van der Waals surface area contributed by atoms with Crippen molar-refractivity contribution in [2.45, 2.75) is 13.0 Å². The molecule has 3 rings (SSSR count). The van der Waals surface area contributed by atoms with Gasteiger partial charge in [0.25, 0.3) is 0 Å². The van der Waals surface area contributed by atoms with Crippen LogP contribution in [0.25, 0.3) is 11.0 Å². The van der Waals surface area contributed by atoms with E-state index in [1.165, 1.54) is 0 Å². The fourth-order valence-corrected chi connectivity index (χ4v) is 2.53. The number of hydrogen-bond acceptors (Lipinski definition) is 3. The van der Waals surface area contributed by atoms with E-state index in [1.807, 2.05) is 53.1 Å². The number of aromatic nitrogens is 2. The highest BCUT2D eigenvalue weighted by Crippen LogP contribution is 2.23. The summed E-state index contributed by atoms with van der Waals surface area (Å²) in [5.74, 6) is 0.777. The second kappa shape index (κ2) is 5.89. The summed E-state index contributed by atoms with van der Waals surface area (Å²) in [7, 11) is 1.63. The Kier molecular flexibility index (Phi) is 3.78. The standard InChI is InChI=1S/C17H18N4O/c1-19-16(22)11-21-14-9-5-8-13(18)17(14)20-15(21)10-12-6-3-2-4-7-12/h2-9H,10-11,18H2,1H3,(H,19,22). The molecule has 0 bridgehead atoms. The van der Waals surface area contributed by atoms with Gasteiger partial charge in [-0.15, -0.1) is 0 Å². The van der Waals surface area contributed by atoms with Gasteiger partial charge in [-0.1, -0.05) is 36.4 Å². The van der Waals surface area contributed by atoms with Crippen LogP contribution >= 0.6 is 0 Å². The first-order valence-corrected chi connectivity index (χ1v) is 7.17. The van der Waals surface area contributed by atoms with Crippen LogP contribution in [0.15, 0.2) is 48.5 Å². The molecule has 3 aromatic rings. The molecule has 1 aromatic heterocycles. The van der Waals surface area contributed by atoms with Crippen molar-refractivity contribution in [3.05, 3.63) is 59.9 Å². The lowest BCUT2D eigenvalue weighted by Crippen LogP contribution is -2.24. The van der Waals surface area contributed by atoms with Crippen LogP contribution in [0.3, 0.4) is 0 Å². The Labute approximate surface area is 128 Å². The fourth-order valence-electron chi connectivity index (χ4n) is 2.53. The number of benzene rings is 2. The lowest BCUT2D eigenvalue weighted by atomic mass is 10.1. The van der Waals surface area contributed by atoms with Crippen LogP contribution in [0.1, 0.15) is 11.4 Å². The number of nitrogens with zero attached hydrogens (tertiary/aromatic N) is 2. The maximum Gasteiger partial charge on any atom is 0.239 e. The molecular weight excluding hydrogens is 276 g/mol. The normalized spacial score (nSPS) is 10.8. The third kappa shape index (κ3) is 2.65. The first-order chi connectivity index (χ1) is 10.7. The summed E-state index contributed by atoms with van der Waals surface area (Å²) in [4.78, 5) is 16.5. The van der Waals surface area contributed by atoms with Gasteiger partial charge in [0, 0.05) is 13.5 Å². The minimum Gasteiger partial charge on any atom is -0.397 e. The van der Waals surface area contributed by atoms with E-state index in [4.69, 9.17) is 5.73 Å². The maximum absolute atomic E-state index is 11.8. The minimum absolute atomic E-state index is 0.0592. The number of anilines is 1. The summed E-state index contributed by atoms with van der Waals surface area (Å²) < 4.78 is 1.93. The Morgan fingerprint density at radius 2 is 1.95 bits per heavy atom. The van der Waals surface area contributed by atoms with E-state index in [0.717, 1.165) is 22.4 Å². The topological polar surface area (TPSA) is 72.9 Å². The fraction of sp³-hybridized carbons (Fsp3) is 0.176. The van der Waals surface area contributed by atoms with Gasteiger partial charge in [-0.25, -0.2) is 4.98 Å². The average molecular weight is 294 g/mol. The van der Waals surface area contributed by atoms with Crippen molar-refractivity contribution >= 4 is 22.6 Å². The summed E-state index contributed by atoms with van der Waals surface area (Å²) in [5, 5.41) is 2.65. The van der Waals surface area contributed by atoms with Crippen LogP contribution in [0.5, 0.6) is 0 Å². The monoisotopic (exact) mass is 294 g/mol. The lowest BCUT2D eigenvalue weighted by Gasteiger charge is -2.08. The van der Waals surface area contributed by atoms with Crippen molar-refractivity contribution in [2.75, 3.05) is 12.8 Å². The zero-order valence-corrected chi connectivity index (χ0v) is 12.4. The Balaban J connectivity index is 2.09. The number of amides is 1. The summed E-state index contributed by atoms with van der Waals surface area (Å²) >= 11 is 0. The zero-order chi connectivity index (χ0) is 15.5. The van der Waals surface area contributed by atoms with Gasteiger partial charge in [0.1, 0.15) is 17.9 Å². The summed E-state index contributed by atoms with van der Waals surface area (Å²) in [6.07, 6.45) is 0.659. The molecule has 1 heterocycles. The van der Waals surface area contributed by atoms with Gasteiger partial charge in [-0.3, -0.25) is 4.79 Å². The Morgan fingerprint density at radius 1 is 1.18 bits per heavy atom. The van der Waals surface area contributed by atoms with Gasteiger partial charge in [0.2, 0.25) is 5.91 Å². The molecule has 0 aliphatic carbocycles. The largest absolute Gasteiger partial charge is 0.397 e. The van der Waals surface area contributed by atoms with Crippen molar-refractivity contribution in [3.63, 3.8) is 0 Å². The smallest absolute Gasteiger partial charge is 0.239 e. The van der Waals surface area contributed by atoms with Crippen LogP contribution in [-0.4, -0.2) is 22.5 Å². The highest BCUT2D eigenvalue weighted by molar-refractivity contribution is 5.89. The number of fused-ring (bicyclic) bond motifs is 1. The van der Waals surface area contributed by atoms with E-state index in [2.05, 4.69) is 10.3 Å². The number of carbonyl (C=O) groups is 1. The zero-order valence-electron chi connectivity index (χ0n) is 12.4. The van der Waals surface area contributed by atoms with E-state index < -0.39 is 0 Å². The van der Waals surface area contributed by atoms with Crippen LogP contribution in [0.2, 0.25) is 0 Å². The predicted molar refractivity (Wildman–Crippen MR) is 87.5 cm³/mol. The van der Waals surface area contributed by atoms with Gasteiger partial charge in [0.15, 0.2) is 0 Å². The number of rotatable bonds is 4. The Hall–Kier alpha value is -2.82. The summed E-state index contributed by atoms with van der Waals surface area (Å²) in [6, 6.07) is 15.7. The molecule has 0 saturated heterocycles. The second-order valence-corrected chi connectivity index (χ2v) is 5.16. The molecule has 2 aromatic carbocycles. The highest BCUT2D eigenvalue weighted by Gasteiger charge is 2.15. The van der Waals surface area contributed by atoms with E-state index in [0.29, 0.717) is 12.1 Å². The molecule has 0 unspecified atom stereocenters. The number of imidazole rings is 1. The molecule has 1 amide bonds. The van der Waals surface area contributed by atoms with Crippen molar-refractivity contribution in [1.82, 2.24) is 14.9 Å². The molecule has 3 N–H and O–H groups in total. The highest BCUT2D eigenvalue weighted by atomic mass is 16.1. The molecule has 0 spiro atoms. The number of para-hydroxylation sites is 1. The quantitative estimate of drug-likeness (QED) is 0.722. The van der Waals surface area contributed by atoms with Gasteiger partial charge < -0.3 is 15.6 Å².